The highest BCUT2D eigenvalue weighted by Crippen LogP contribution is 2.00. The van der Waals surface area contributed by atoms with Crippen LogP contribution in [0, 0.1) is 0 Å². The Kier molecular flexibility index (Phi) is 4.51. The normalized spacial score (nSPS) is 14.8. The first-order valence-electron chi connectivity index (χ1n) is 3.00. The lowest BCUT2D eigenvalue weighted by Crippen LogP contribution is -2.14. The van der Waals surface area contributed by atoms with Crippen LogP contribution in [0.5, 0.6) is 0 Å². The third-order valence-corrected chi connectivity index (χ3v) is 1.45. The zero-order chi connectivity index (χ0) is 8.91. The molecule has 0 aromatic heterocycles. The fourth-order valence-corrected chi connectivity index (χ4v) is 0.794. The Morgan fingerprint density at radius 1 is 1.55 bits per heavy atom. The molecule has 1 unspecified atom stereocenters. The lowest BCUT2D eigenvalue weighted by Gasteiger charge is -2.03. The molecule has 0 amide bonds. The van der Waals surface area contributed by atoms with Crippen LogP contribution in [0.3, 0.4) is 0 Å². The molecule has 0 saturated carbocycles. The standard InChI is InChI=1S/C5H10F2O3S/c1-11(8,9)10-4-5(7)2-3-6/h5H,2-4H2,1H3. The van der Waals surface area contributed by atoms with Crippen LogP contribution in [-0.4, -0.2) is 34.1 Å². The van der Waals surface area contributed by atoms with E-state index in [-0.39, 0.29) is 6.42 Å². The predicted molar refractivity (Wildman–Crippen MR) is 36.3 cm³/mol. The molecular formula is C5H10F2O3S. The molecule has 0 saturated heterocycles. The molecule has 0 N–H and O–H groups in total. The van der Waals surface area contributed by atoms with Gasteiger partial charge in [0.05, 0.1) is 19.5 Å². The maximum absolute atomic E-state index is 12.3. The molecule has 0 aliphatic carbocycles. The fraction of sp³-hybridized carbons (Fsp3) is 1.00. The molecular weight excluding hydrogens is 178 g/mol. The van der Waals surface area contributed by atoms with Gasteiger partial charge in [0.1, 0.15) is 6.17 Å². The van der Waals surface area contributed by atoms with E-state index in [0.29, 0.717) is 0 Å². The number of halogens is 2. The van der Waals surface area contributed by atoms with Gasteiger partial charge in [-0.05, 0) is 0 Å². The Balaban J connectivity index is 3.54. The molecule has 6 heteroatoms. The quantitative estimate of drug-likeness (QED) is 0.595. The third kappa shape index (κ3) is 7.67. The smallest absolute Gasteiger partial charge is 0.264 e. The average Bonchev–Trinajstić information content (AvgIpc) is 1.83. The molecule has 0 heterocycles. The second-order valence-electron chi connectivity index (χ2n) is 2.06. The molecule has 0 radical (unpaired) electrons. The maximum atomic E-state index is 12.3. The van der Waals surface area contributed by atoms with Crippen LogP contribution in [-0.2, 0) is 14.3 Å². The van der Waals surface area contributed by atoms with Crippen molar-refractivity contribution in [3.63, 3.8) is 0 Å². The first-order valence-corrected chi connectivity index (χ1v) is 4.82. The van der Waals surface area contributed by atoms with Crippen LogP contribution >= 0.6 is 0 Å². The molecule has 0 bridgehead atoms. The van der Waals surface area contributed by atoms with Crippen LogP contribution in [0.25, 0.3) is 0 Å². The number of hydrogen-bond donors (Lipinski definition) is 0. The van der Waals surface area contributed by atoms with Crippen molar-refractivity contribution in [2.75, 3.05) is 19.5 Å². The van der Waals surface area contributed by atoms with E-state index in [1.54, 1.807) is 0 Å². The minimum absolute atomic E-state index is 0.324. The van der Waals surface area contributed by atoms with Gasteiger partial charge in [-0.2, -0.15) is 8.42 Å². The van der Waals surface area contributed by atoms with E-state index in [0.717, 1.165) is 6.26 Å². The van der Waals surface area contributed by atoms with Crippen molar-refractivity contribution in [3.05, 3.63) is 0 Å². The fourth-order valence-electron chi connectivity index (χ4n) is 0.399. The van der Waals surface area contributed by atoms with Gasteiger partial charge in [0.15, 0.2) is 0 Å². The minimum Gasteiger partial charge on any atom is -0.267 e. The summed E-state index contributed by atoms with van der Waals surface area (Å²) in [6.45, 7) is -1.41. The van der Waals surface area contributed by atoms with E-state index >= 15 is 0 Å². The summed E-state index contributed by atoms with van der Waals surface area (Å²) in [7, 11) is -3.60. The molecule has 0 aliphatic rings. The summed E-state index contributed by atoms with van der Waals surface area (Å²) in [4.78, 5) is 0. The predicted octanol–water partition coefficient (Wildman–Crippen LogP) is 0.660. The lowest BCUT2D eigenvalue weighted by molar-refractivity contribution is 0.183. The van der Waals surface area contributed by atoms with E-state index in [1.807, 2.05) is 0 Å². The van der Waals surface area contributed by atoms with Gasteiger partial charge in [-0.1, -0.05) is 0 Å². The monoisotopic (exact) mass is 188 g/mol. The summed E-state index contributed by atoms with van der Waals surface area (Å²) in [5.74, 6) is 0. The van der Waals surface area contributed by atoms with Crippen LogP contribution < -0.4 is 0 Å². The molecule has 68 valence electrons. The van der Waals surface area contributed by atoms with Gasteiger partial charge in [-0.15, -0.1) is 0 Å². The molecule has 0 spiro atoms. The van der Waals surface area contributed by atoms with Crippen molar-refractivity contribution < 1.29 is 21.4 Å². The zero-order valence-corrected chi connectivity index (χ0v) is 6.90. The Morgan fingerprint density at radius 2 is 2.09 bits per heavy atom. The Hall–Kier alpha value is -0.230. The van der Waals surface area contributed by atoms with Gasteiger partial charge in [0.25, 0.3) is 10.1 Å². The van der Waals surface area contributed by atoms with Gasteiger partial charge >= 0.3 is 0 Å². The molecule has 0 rings (SSSR count). The minimum atomic E-state index is -3.60. The van der Waals surface area contributed by atoms with Crippen molar-refractivity contribution in [1.82, 2.24) is 0 Å². The zero-order valence-electron chi connectivity index (χ0n) is 6.09. The Labute approximate surface area is 64.5 Å². The van der Waals surface area contributed by atoms with Gasteiger partial charge in [0.2, 0.25) is 0 Å². The van der Waals surface area contributed by atoms with Crippen molar-refractivity contribution in [2.45, 2.75) is 12.6 Å². The maximum Gasteiger partial charge on any atom is 0.264 e. The molecule has 0 aromatic carbocycles. The summed E-state index contributed by atoms with van der Waals surface area (Å²) < 4.78 is 48.3. The Morgan fingerprint density at radius 3 is 2.45 bits per heavy atom. The summed E-state index contributed by atoms with van der Waals surface area (Å²) >= 11 is 0. The molecule has 3 nitrogen and oxygen atoms in total. The topological polar surface area (TPSA) is 43.4 Å². The van der Waals surface area contributed by atoms with Crippen LogP contribution in [0.1, 0.15) is 6.42 Å². The van der Waals surface area contributed by atoms with E-state index < -0.39 is 29.6 Å². The van der Waals surface area contributed by atoms with Crippen LogP contribution in [0.4, 0.5) is 8.78 Å². The summed E-state index contributed by atoms with van der Waals surface area (Å²) in [5.41, 5.74) is 0. The average molecular weight is 188 g/mol. The van der Waals surface area contributed by atoms with Gasteiger partial charge in [-0.3, -0.25) is 8.57 Å². The highest BCUT2D eigenvalue weighted by Gasteiger charge is 2.10. The van der Waals surface area contributed by atoms with Gasteiger partial charge in [0, 0.05) is 6.42 Å². The lowest BCUT2D eigenvalue weighted by atomic mass is 10.3. The van der Waals surface area contributed by atoms with Crippen molar-refractivity contribution >= 4 is 10.1 Å². The number of hydrogen-bond acceptors (Lipinski definition) is 3. The molecule has 1 atom stereocenters. The molecule has 0 aliphatic heterocycles. The summed E-state index contributed by atoms with van der Waals surface area (Å²) in [5, 5.41) is 0. The highest BCUT2D eigenvalue weighted by atomic mass is 32.2. The molecule has 0 aromatic rings. The highest BCUT2D eigenvalue weighted by molar-refractivity contribution is 7.85. The first-order chi connectivity index (χ1) is 4.95. The van der Waals surface area contributed by atoms with E-state index in [1.165, 1.54) is 0 Å². The second kappa shape index (κ2) is 4.61. The van der Waals surface area contributed by atoms with Gasteiger partial charge in [-0.25, -0.2) is 4.39 Å². The molecule has 0 fully saturated rings. The summed E-state index contributed by atoms with van der Waals surface area (Å²) in [6, 6.07) is 0. The van der Waals surface area contributed by atoms with Crippen LogP contribution in [0.15, 0.2) is 0 Å². The third-order valence-electron chi connectivity index (χ3n) is 0.885. The van der Waals surface area contributed by atoms with Crippen LogP contribution in [0.2, 0.25) is 0 Å². The first kappa shape index (κ1) is 10.8. The summed E-state index contributed by atoms with van der Waals surface area (Å²) in [6.07, 6.45) is -1.06. The Bertz CT molecular complexity index is 190. The van der Waals surface area contributed by atoms with E-state index in [4.69, 9.17) is 0 Å². The number of alkyl halides is 2. The SMILES string of the molecule is CS(=O)(=O)OCC(F)CCF. The second-order valence-corrected chi connectivity index (χ2v) is 3.71. The van der Waals surface area contributed by atoms with Crippen molar-refractivity contribution in [2.24, 2.45) is 0 Å². The largest absolute Gasteiger partial charge is 0.267 e. The van der Waals surface area contributed by atoms with E-state index in [2.05, 4.69) is 4.18 Å². The van der Waals surface area contributed by atoms with Gasteiger partial charge < -0.3 is 0 Å². The number of rotatable bonds is 5. The van der Waals surface area contributed by atoms with Crippen molar-refractivity contribution in [3.8, 4) is 0 Å². The molecule has 11 heavy (non-hydrogen) atoms. The van der Waals surface area contributed by atoms with E-state index in [9.17, 15) is 17.2 Å². The van der Waals surface area contributed by atoms with Crippen molar-refractivity contribution in [1.29, 1.82) is 0 Å².